The van der Waals surface area contributed by atoms with E-state index < -0.39 is 10.0 Å². The molecular formula is C35H29N6O3S+. The highest BCUT2D eigenvalue weighted by Crippen LogP contribution is 2.25. The second kappa shape index (κ2) is 11.4. The maximum Gasteiger partial charge on any atom is 0.263 e. The van der Waals surface area contributed by atoms with Gasteiger partial charge in [0.05, 0.1) is 4.90 Å². The van der Waals surface area contributed by atoms with Crippen molar-refractivity contribution in [1.29, 1.82) is 0 Å². The summed E-state index contributed by atoms with van der Waals surface area (Å²) < 4.78 is 32.6. The Morgan fingerprint density at radius 2 is 1.53 bits per heavy atom. The zero-order chi connectivity index (χ0) is 31.0. The van der Waals surface area contributed by atoms with E-state index in [1.54, 1.807) is 60.8 Å². The number of nitrogens with zero attached hydrogens (tertiary/aromatic N) is 4. The molecule has 7 rings (SSSR count). The third-order valence-corrected chi connectivity index (χ3v) is 9.09. The van der Waals surface area contributed by atoms with E-state index in [0.29, 0.717) is 6.54 Å². The number of anilines is 2. The van der Waals surface area contributed by atoms with Gasteiger partial charge in [-0.25, -0.2) is 18.4 Å². The molecule has 0 saturated heterocycles. The number of pyridine rings is 2. The van der Waals surface area contributed by atoms with E-state index in [4.69, 9.17) is 0 Å². The Morgan fingerprint density at radius 3 is 2.22 bits per heavy atom. The molecule has 0 radical (unpaired) electrons. The minimum atomic E-state index is -3.80. The maximum atomic E-state index is 12.9. The summed E-state index contributed by atoms with van der Waals surface area (Å²) in [5.74, 6) is 1.26. The summed E-state index contributed by atoms with van der Waals surface area (Å²) in [5, 5.41) is 15.5. The quantitative estimate of drug-likeness (QED) is 0.207. The Balaban J connectivity index is 1.24. The lowest BCUT2D eigenvalue weighted by Gasteiger charge is -2.07. The van der Waals surface area contributed by atoms with E-state index in [1.165, 1.54) is 6.20 Å². The molecule has 0 aliphatic rings. The molecule has 0 spiro atoms. The fourth-order valence-corrected chi connectivity index (χ4v) is 6.51. The van der Waals surface area contributed by atoms with Crippen molar-refractivity contribution in [2.75, 3.05) is 10.0 Å². The number of sulfonamides is 1. The normalized spacial score (nSPS) is 12.2. The van der Waals surface area contributed by atoms with Crippen LogP contribution in [0.2, 0.25) is 0 Å². The molecule has 3 aromatic carbocycles. The summed E-state index contributed by atoms with van der Waals surface area (Å²) in [7, 11) is -1.78. The molecule has 0 fully saturated rings. The molecule has 0 bridgehead atoms. The first-order valence-electron chi connectivity index (χ1n) is 14.3. The number of fused-ring (bicyclic) bond motifs is 3. The van der Waals surface area contributed by atoms with Gasteiger partial charge in [-0.3, -0.25) is 4.72 Å². The Kier molecular flexibility index (Phi) is 7.11. The van der Waals surface area contributed by atoms with Crippen molar-refractivity contribution in [2.45, 2.75) is 11.4 Å². The summed E-state index contributed by atoms with van der Waals surface area (Å²) in [4.78, 5) is 8.51. The highest BCUT2D eigenvalue weighted by atomic mass is 32.2. The third-order valence-electron chi connectivity index (χ3n) is 7.72. The lowest BCUT2D eigenvalue weighted by Crippen LogP contribution is -2.36. The number of hydrogen-bond donors (Lipinski definition) is 3. The highest BCUT2D eigenvalue weighted by Gasteiger charge is 2.22. The number of phenolic OH excluding ortho intramolecular Hbond substituents is 1. The molecule has 9 nitrogen and oxygen atoms in total. The van der Waals surface area contributed by atoms with Crippen LogP contribution in [0, 0.1) is 0 Å². The van der Waals surface area contributed by atoms with Crippen LogP contribution in [-0.4, -0.2) is 28.0 Å². The lowest BCUT2D eigenvalue weighted by atomic mass is 10.1. The van der Waals surface area contributed by atoms with Crippen molar-refractivity contribution in [3.8, 4) is 17.0 Å². The van der Waals surface area contributed by atoms with Gasteiger partial charge in [0.2, 0.25) is 5.69 Å². The number of nitrogens with one attached hydrogen (secondary N) is 2. The molecule has 45 heavy (non-hydrogen) atoms. The summed E-state index contributed by atoms with van der Waals surface area (Å²) >= 11 is 0. The predicted molar refractivity (Wildman–Crippen MR) is 175 cm³/mol. The van der Waals surface area contributed by atoms with Gasteiger partial charge >= 0.3 is 0 Å². The van der Waals surface area contributed by atoms with Gasteiger partial charge in [-0.2, -0.15) is 0 Å². The molecule has 222 valence electrons. The zero-order valence-electron chi connectivity index (χ0n) is 24.3. The van der Waals surface area contributed by atoms with E-state index >= 15 is 0 Å². The molecule has 0 aliphatic heterocycles. The second-order valence-electron chi connectivity index (χ2n) is 10.7. The summed E-state index contributed by atoms with van der Waals surface area (Å²) in [5.41, 5.74) is 5.96. The number of benzene rings is 3. The highest BCUT2D eigenvalue weighted by molar-refractivity contribution is 7.92. The van der Waals surface area contributed by atoms with Crippen LogP contribution in [-0.2, 0) is 23.6 Å². The second-order valence-corrected chi connectivity index (χ2v) is 12.3. The molecule has 0 saturated carbocycles. The van der Waals surface area contributed by atoms with Crippen molar-refractivity contribution in [3.63, 3.8) is 0 Å². The van der Waals surface area contributed by atoms with Crippen molar-refractivity contribution < 1.29 is 18.2 Å². The third kappa shape index (κ3) is 5.54. The SMILES string of the molecule is C[n+]1c(-c2ccc(CNc3ccccn3)cc2)cc2/c(=C\c3ccc(S(=O)(=O)Nc4ccccn4)cc3)c3cc(O)ccc3n21. The van der Waals surface area contributed by atoms with Gasteiger partial charge in [0.25, 0.3) is 10.0 Å². The predicted octanol–water partition coefficient (Wildman–Crippen LogP) is 5.04. The molecular weight excluding hydrogens is 584 g/mol. The van der Waals surface area contributed by atoms with E-state index in [9.17, 15) is 13.5 Å². The number of aromatic hydroxyl groups is 1. The first-order chi connectivity index (χ1) is 21.9. The van der Waals surface area contributed by atoms with Crippen molar-refractivity contribution in [2.24, 2.45) is 7.05 Å². The van der Waals surface area contributed by atoms with Crippen LogP contribution in [0.5, 0.6) is 5.75 Å². The van der Waals surface area contributed by atoms with Crippen LogP contribution < -0.4 is 19.9 Å². The van der Waals surface area contributed by atoms with Gasteiger partial charge in [0.15, 0.2) is 7.05 Å². The Hall–Kier alpha value is -5.74. The number of aryl methyl sites for hydroxylation is 1. The minimum absolute atomic E-state index is 0.135. The smallest absolute Gasteiger partial charge is 0.263 e. The summed E-state index contributed by atoms with van der Waals surface area (Å²) in [6, 6.07) is 33.4. The van der Waals surface area contributed by atoms with Crippen molar-refractivity contribution in [3.05, 3.63) is 138 Å². The molecule has 7 aromatic rings. The summed E-state index contributed by atoms with van der Waals surface area (Å²) in [6.07, 6.45) is 5.31. The molecule has 0 atom stereocenters. The molecule has 4 heterocycles. The molecule has 0 unspecified atom stereocenters. The van der Waals surface area contributed by atoms with E-state index in [1.807, 2.05) is 37.4 Å². The number of phenols is 1. The largest absolute Gasteiger partial charge is 0.508 e. The Morgan fingerprint density at radius 1 is 0.822 bits per heavy atom. The van der Waals surface area contributed by atoms with Gasteiger partial charge in [-0.05, 0) is 83.9 Å². The first kappa shape index (κ1) is 28.1. The zero-order valence-corrected chi connectivity index (χ0v) is 25.1. The molecule has 3 N–H and O–H groups in total. The molecule has 4 aromatic heterocycles. The summed E-state index contributed by atoms with van der Waals surface area (Å²) in [6.45, 7) is 0.665. The van der Waals surface area contributed by atoms with Gasteiger partial charge in [0, 0.05) is 41.2 Å². The average Bonchev–Trinajstić information content (AvgIpc) is 3.55. The number of rotatable bonds is 8. The van der Waals surface area contributed by atoms with Gasteiger partial charge in [-0.15, -0.1) is 9.20 Å². The number of hydrogen-bond acceptors (Lipinski definition) is 6. The number of aromatic nitrogens is 4. The topological polar surface area (TPSA) is 112 Å². The first-order valence-corrected chi connectivity index (χ1v) is 15.8. The van der Waals surface area contributed by atoms with Gasteiger partial charge < -0.3 is 10.4 Å². The Bertz CT molecular complexity index is 2310. The van der Waals surface area contributed by atoms with E-state index in [2.05, 4.69) is 59.5 Å². The van der Waals surface area contributed by atoms with Crippen molar-refractivity contribution in [1.82, 2.24) is 14.5 Å². The van der Waals surface area contributed by atoms with E-state index in [0.717, 1.165) is 49.8 Å². The standard InChI is InChI=1S/C35H28N6O3S/c1-40-32(26-12-8-25(9-13-26)23-38-34-6-2-4-18-36-34)22-33-29(30-21-27(42)14-17-31(30)41(33)40)20-24-10-15-28(16-11-24)45(43,44)39-35-7-3-5-19-37-35/h2-22H,23H2,1H3,(H2-,36,37,38,39,42)/p+1/b29-20-. The molecule has 10 heteroatoms. The lowest BCUT2D eigenvalue weighted by molar-refractivity contribution is -0.725. The molecule has 0 aliphatic carbocycles. The van der Waals surface area contributed by atoms with Crippen LogP contribution in [0.1, 0.15) is 11.1 Å². The Labute approximate surface area is 259 Å². The average molecular weight is 614 g/mol. The van der Waals surface area contributed by atoms with Crippen LogP contribution in [0.15, 0.2) is 126 Å². The van der Waals surface area contributed by atoms with E-state index in [-0.39, 0.29) is 16.5 Å². The van der Waals surface area contributed by atoms with Crippen LogP contribution in [0.25, 0.3) is 33.8 Å². The maximum absolute atomic E-state index is 12.9. The monoisotopic (exact) mass is 613 g/mol. The van der Waals surface area contributed by atoms with Crippen LogP contribution in [0.3, 0.4) is 0 Å². The van der Waals surface area contributed by atoms with Gasteiger partial charge in [0.1, 0.15) is 28.4 Å². The van der Waals surface area contributed by atoms with Gasteiger partial charge in [-0.1, -0.05) is 36.4 Å². The molecule has 0 amide bonds. The van der Waals surface area contributed by atoms with Crippen molar-refractivity contribution >= 4 is 44.2 Å². The van der Waals surface area contributed by atoms with Crippen LogP contribution >= 0.6 is 0 Å². The fourth-order valence-electron chi connectivity index (χ4n) is 5.50. The minimum Gasteiger partial charge on any atom is -0.508 e. The fraction of sp³-hybridized carbons (Fsp3) is 0.0571. The van der Waals surface area contributed by atoms with Crippen LogP contribution in [0.4, 0.5) is 11.6 Å².